The van der Waals surface area contributed by atoms with Gasteiger partial charge in [-0.1, -0.05) is 41.9 Å². The fourth-order valence-electron chi connectivity index (χ4n) is 3.36. The van der Waals surface area contributed by atoms with Crippen molar-refractivity contribution in [3.05, 3.63) is 59.1 Å². The van der Waals surface area contributed by atoms with Crippen molar-refractivity contribution in [2.45, 2.75) is 18.3 Å². The maximum atomic E-state index is 12.4. The van der Waals surface area contributed by atoms with Crippen LogP contribution in [0.5, 0.6) is 5.75 Å². The minimum Gasteiger partial charge on any atom is -0.496 e. The predicted molar refractivity (Wildman–Crippen MR) is 103 cm³/mol. The molecule has 3 rings (SSSR count). The van der Waals surface area contributed by atoms with E-state index in [1.807, 2.05) is 30.3 Å². The minimum atomic E-state index is -0.279. The summed E-state index contributed by atoms with van der Waals surface area (Å²) in [5.41, 5.74) is 1.47. The molecule has 1 fully saturated rings. The number of amides is 2. The van der Waals surface area contributed by atoms with E-state index in [0.717, 1.165) is 24.2 Å². The summed E-state index contributed by atoms with van der Waals surface area (Å²) in [6, 6.07) is 14.9. The Morgan fingerprint density at radius 1 is 1.15 bits per heavy atom. The molecule has 1 saturated heterocycles. The first-order valence-electron chi connectivity index (χ1n) is 8.65. The molecule has 1 aliphatic rings. The smallest absolute Gasteiger partial charge is 0.319 e. The monoisotopic (exact) mass is 374 g/mol. The van der Waals surface area contributed by atoms with E-state index in [2.05, 4.69) is 16.7 Å². The number of benzene rings is 2. The second kappa shape index (κ2) is 8.43. The van der Waals surface area contributed by atoms with E-state index in [4.69, 9.17) is 21.1 Å². The number of methoxy groups -OCH3 is 1. The molecule has 1 aliphatic heterocycles. The van der Waals surface area contributed by atoms with Crippen LogP contribution < -0.4 is 15.4 Å². The van der Waals surface area contributed by atoms with E-state index in [1.54, 1.807) is 19.2 Å². The Labute approximate surface area is 158 Å². The molecule has 0 aliphatic carbocycles. The Hall–Kier alpha value is -2.24. The van der Waals surface area contributed by atoms with E-state index >= 15 is 0 Å². The molecule has 2 amide bonds. The van der Waals surface area contributed by atoms with Gasteiger partial charge < -0.3 is 20.1 Å². The zero-order valence-corrected chi connectivity index (χ0v) is 15.5. The average molecular weight is 375 g/mol. The van der Waals surface area contributed by atoms with Crippen LogP contribution in [-0.4, -0.2) is 32.9 Å². The van der Waals surface area contributed by atoms with Gasteiger partial charge in [-0.05, 0) is 31.0 Å². The lowest BCUT2D eigenvalue weighted by atomic mass is 9.73. The van der Waals surface area contributed by atoms with Crippen LogP contribution in [0.15, 0.2) is 48.5 Å². The van der Waals surface area contributed by atoms with Gasteiger partial charge in [0.05, 0.1) is 17.8 Å². The molecule has 2 N–H and O–H groups in total. The highest BCUT2D eigenvalue weighted by Crippen LogP contribution is 2.39. The van der Waals surface area contributed by atoms with Crippen LogP contribution in [0.2, 0.25) is 5.02 Å². The predicted octanol–water partition coefficient (Wildman–Crippen LogP) is 4.22. The fourth-order valence-corrected chi connectivity index (χ4v) is 3.55. The van der Waals surface area contributed by atoms with Gasteiger partial charge in [-0.3, -0.25) is 0 Å². The average Bonchev–Trinajstić information content (AvgIpc) is 2.69. The molecule has 1 heterocycles. The molecule has 26 heavy (non-hydrogen) atoms. The summed E-state index contributed by atoms with van der Waals surface area (Å²) >= 11 is 6.10. The molecule has 2 aromatic carbocycles. The van der Waals surface area contributed by atoms with Crippen LogP contribution in [0.1, 0.15) is 18.4 Å². The molecule has 0 saturated carbocycles. The second-order valence-corrected chi connectivity index (χ2v) is 6.79. The van der Waals surface area contributed by atoms with Crippen LogP contribution in [0.25, 0.3) is 0 Å². The topological polar surface area (TPSA) is 59.6 Å². The van der Waals surface area contributed by atoms with Gasteiger partial charge in [0.1, 0.15) is 5.75 Å². The summed E-state index contributed by atoms with van der Waals surface area (Å²) in [6.07, 6.45) is 1.64. The third-order valence-corrected chi connectivity index (χ3v) is 5.17. The molecule has 6 heteroatoms. The molecule has 5 nitrogen and oxygen atoms in total. The Morgan fingerprint density at radius 2 is 1.85 bits per heavy atom. The summed E-state index contributed by atoms with van der Waals surface area (Å²) in [5.74, 6) is 0.836. The third-order valence-electron chi connectivity index (χ3n) is 4.84. The van der Waals surface area contributed by atoms with Gasteiger partial charge in [0.25, 0.3) is 0 Å². The number of rotatable bonds is 5. The Kier molecular flexibility index (Phi) is 6.01. The first-order valence-corrected chi connectivity index (χ1v) is 9.03. The largest absolute Gasteiger partial charge is 0.496 e. The third kappa shape index (κ3) is 4.11. The first-order chi connectivity index (χ1) is 12.6. The molecule has 138 valence electrons. The van der Waals surface area contributed by atoms with Crippen LogP contribution in [0.3, 0.4) is 0 Å². The highest BCUT2D eigenvalue weighted by molar-refractivity contribution is 6.33. The molecule has 0 radical (unpaired) electrons. The number of carbonyl (C=O) groups is 1. The van der Waals surface area contributed by atoms with Crippen molar-refractivity contribution in [3.8, 4) is 5.75 Å². The number of urea groups is 1. The van der Waals surface area contributed by atoms with Crippen molar-refractivity contribution in [1.82, 2.24) is 5.32 Å². The lowest BCUT2D eigenvalue weighted by molar-refractivity contribution is 0.0500. The van der Waals surface area contributed by atoms with Crippen molar-refractivity contribution < 1.29 is 14.3 Å². The van der Waals surface area contributed by atoms with Gasteiger partial charge >= 0.3 is 6.03 Å². The lowest BCUT2D eigenvalue weighted by Crippen LogP contribution is -2.45. The maximum absolute atomic E-state index is 12.4. The van der Waals surface area contributed by atoms with Gasteiger partial charge in [-0.2, -0.15) is 0 Å². The van der Waals surface area contributed by atoms with Crippen molar-refractivity contribution in [3.63, 3.8) is 0 Å². The van der Waals surface area contributed by atoms with Crippen molar-refractivity contribution in [2.75, 3.05) is 32.2 Å². The highest BCUT2D eigenvalue weighted by Gasteiger charge is 2.37. The lowest BCUT2D eigenvalue weighted by Gasteiger charge is -2.38. The quantitative estimate of drug-likeness (QED) is 0.823. The molecule has 0 spiro atoms. The summed E-state index contributed by atoms with van der Waals surface area (Å²) < 4.78 is 11.1. The van der Waals surface area contributed by atoms with Gasteiger partial charge in [0.15, 0.2) is 0 Å². The molecule has 0 atom stereocenters. The van der Waals surface area contributed by atoms with Crippen LogP contribution >= 0.6 is 11.6 Å². The zero-order valence-electron chi connectivity index (χ0n) is 14.8. The van der Waals surface area contributed by atoms with Crippen LogP contribution in [0, 0.1) is 0 Å². The number of hydrogen-bond acceptors (Lipinski definition) is 3. The maximum Gasteiger partial charge on any atom is 0.319 e. The second-order valence-electron chi connectivity index (χ2n) is 6.38. The van der Waals surface area contributed by atoms with Gasteiger partial charge in [-0.25, -0.2) is 4.79 Å². The SMILES string of the molecule is COc1ccccc1C1(CNC(=O)Nc2ccccc2Cl)CCOCC1. The number of hydrogen-bond donors (Lipinski definition) is 2. The highest BCUT2D eigenvalue weighted by atomic mass is 35.5. The molecular formula is C20H23ClN2O3. The van der Waals surface area contributed by atoms with E-state index in [0.29, 0.717) is 30.5 Å². The number of ether oxygens (including phenoxy) is 2. The van der Waals surface area contributed by atoms with Crippen molar-refractivity contribution in [1.29, 1.82) is 0 Å². The van der Waals surface area contributed by atoms with Crippen molar-refractivity contribution in [2.24, 2.45) is 0 Å². The van der Waals surface area contributed by atoms with Gasteiger partial charge in [0, 0.05) is 30.7 Å². The standard InChI is InChI=1S/C20H23ClN2O3/c1-25-18-9-5-2-6-15(18)20(10-12-26-13-11-20)14-22-19(24)23-17-8-4-3-7-16(17)21/h2-9H,10-14H2,1H3,(H2,22,23,24). The normalized spacial score (nSPS) is 15.9. The summed E-state index contributed by atoms with van der Waals surface area (Å²) in [5, 5.41) is 6.31. The first kappa shape index (κ1) is 18.5. The molecular weight excluding hydrogens is 352 g/mol. The molecule has 0 unspecified atom stereocenters. The van der Waals surface area contributed by atoms with Gasteiger partial charge in [0.2, 0.25) is 0 Å². The minimum absolute atomic E-state index is 0.220. The van der Waals surface area contributed by atoms with Crippen LogP contribution in [0.4, 0.5) is 10.5 Å². The number of halogens is 1. The van der Waals surface area contributed by atoms with E-state index in [1.165, 1.54) is 0 Å². The van der Waals surface area contributed by atoms with E-state index < -0.39 is 0 Å². The summed E-state index contributed by atoms with van der Waals surface area (Å²) in [6.45, 7) is 1.81. The number of anilines is 1. The number of para-hydroxylation sites is 2. The Morgan fingerprint density at radius 3 is 2.58 bits per heavy atom. The Bertz CT molecular complexity index is 760. The van der Waals surface area contributed by atoms with E-state index in [9.17, 15) is 4.79 Å². The van der Waals surface area contributed by atoms with Crippen LogP contribution in [-0.2, 0) is 10.2 Å². The Balaban J connectivity index is 1.75. The zero-order chi connectivity index (χ0) is 18.4. The molecule has 2 aromatic rings. The van der Waals surface area contributed by atoms with E-state index in [-0.39, 0.29) is 11.4 Å². The molecule has 0 bridgehead atoms. The van der Waals surface area contributed by atoms with Crippen molar-refractivity contribution >= 4 is 23.3 Å². The summed E-state index contributed by atoms with van der Waals surface area (Å²) in [7, 11) is 1.67. The number of nitrogens with one attached hydrogen (secondary N) is 2. The summed E-state index contributed by atoms with van der Waals surface area (Å²) in [4.78, 5) is 12.4. The van der Waals surface area contributed by atoms with Gasteiger partial charge in [-0.15, -0.1) is 0 Å². The molecule has 0 aromatic heterocycles. The number of carbonyl (C=O) groups excluding carboxylic acids is 1. The fraction of sp³-hybridized carbons (Fsp3) is 0.350.